The summed E-state index contributed by atoms with van der Waals surface area (Å²) in [6, 6.07) is 7.49. The van der Waals surface area contributed by atoms with Crippen molar-refractivity contribution in [1.29, 1.82) is 0 Å². The standard InChI is InChI=1S/C14H19N5O2S/c1-9(2)15-13(20)10(3)22-14-16-17-18-19(14)11-5-7-12(21-4)8-6-11/h5-10H,1-4H3,(H,15,20). The Morgan fingerprint density at radius 1 is 1.27 bits per heavy atom. The topological polar surface area (TPSA) is 81.9 Å². The van der Waals surface area contributed by atoms with Crippen molar-refractivity contribution in [3.05, 3.63) is 24.3 Å². The van der Waals surface area contributed by atoms with Crippen LogP contribution in [0, 0.1) is 0 Å². The van der Waals surface area contributed by atoms with Crippen molar-refractivity contribution in [2.45, 2.75) is 37.2 Å². The molecule has 0 aliphatic carbocycles. The lowest BCUT2D eigenvalue weighted by molar-refractivity contribution is -0.120. The van der Waals surface area contributed by atoms with Gasteiger partial charge in [-0.25, -0.2) is 0 Å². The molecule has 8 heteroatoms. The normalized spacial score (nSPS) is 12.2. The predicted molar refractivity (Wildman–Crippen MR) is 84.3 cm³/mol. The van der Waals surface area contributed by atoms with Gasteiger partial charge in [-0.1, -0.05) is 11.8 Å². The maximum atomic E-state index is 12.0. The number of carbonyl (C=O) groups excluding carboxylic acids is 1. The molecule has 1 atom stereocenters. The first-order chi connectivity index (χ1) is 10.5. The third-order valence-electron chi connectivity index (χ3n) is 2.84. The van der Waals surface area contributed by atoms with E-state index in [0.717, 1.165) is 11.4 Å². The van der Waals surface area contributed by atoms with Crippen molar-refractivity contribution < 1.29 is 9.53 Å². The Kier molecular flexibility index (Phi) is 5.37. The molecule has 1 heterocycles. The molecule has 0 spiro atoms. The number of rotatable bonds is 6. The first-order valence-corrected chi connectivity index (χ1v) is 7.79. The molecule has 1 aromatic heterocycles. The number of amides is 1. The molecule has 7 nitrogen and oxygen atoms in total. The van der Waals surface area contributed by atoms with Gasteiger partial charge < -0.3 is 10.1 Å². The largest absolute Gasteiger partial charge is 0.497 e. The zero-order chi connectivity index (χ0) is 16.1. The summed E-state index contributed by atoms with van der Waals surface area (Å²) in [5.41, 5.74) is 0.810. The number of nitrogens with zero attached hydrogens (tertiary/aromatic N) is 4. The monoisotopic (exact) mass is 321 g/mol. The van der Waals surface area contributed by atoms with Crippen LogP contribution in [0.3, 0.4) is 0 Å². The van der Waals surface area contributed by atoms with E-state index in [2.05, 4.69) is 20.8 Å². The summed E-state index contributed by atoms with van der Waals surface area (Å²) in [5, 5.41) is 14.8. The van der Waals surface area contributed by atoms with Gasteiger partial charge in [0.2, 0.25) is 11.1 Å². The second-order valence-corrected chi connectivity index (χ2v) is 6.30. The molecule has 0 radical (unpaired) electrons. The van der Waals surface area contributed by atoms with E-state index in [-0.39, 0.29) is 17.2 Å². The average molecular weight is 321 g/mol. The summed E-state index contributed by atoms with van der Waals surface area (Å²) >= 11 is 1.32. The number of ether oxygens (including phenoxy) is 1. The molecule has 2 rings (SSSR count). The number of thioether (sulfide) groups is 1. The fourth-order valence-electron chi connectivity index (χ4n) is 1.75. The van der Waals surface area contributed by atoms with Gasteiger partial charge in [-0.15, -0.1) is 5.10 Å². The molecule has 2 aromatic rings. The quantitative estimate of drug-likeness (QED) is 0.815. The molecule has 0 saturated carbocycles. The number of carbonyl (C=O) groups is 1. The van der Waals surface area contributed by atoms with Crippen LogP contribution in [0.2, 0.25) is 0 Å². The second kappa shape index (κ2) is 7.26. The van der Waals surface area contributed by atoms with Crippen LogP contribution in [0.5, 0.6) is 5.75 Å². The van der Waals surface area contributed by atoms with Gasteiger partial charge in [0.1, 0.15) is 5.75 Å². The van der Waals surface area contributed by atoms with Crippen LogP contribution in [0.1, 0.15) is 20.8 Å². The van der Waals surface area contributed by atoms with E-state index in [1.165, 1.54) is 11.8 Å². The van der Waals surface area contributed by atoms with Gasteiger partial charge in [0, 0.05) is 6.04 Å². The van der Waals surface area contributed by atoms with Crippen LogP contribution in [0.15, 0.2) is 29.4 Å². The SMILES string of the molecule is COc1ccc(-n2nnnc2SC(C)C(=O)NC(C)C)cc1. The molecule has 1 N–H and O–H groups in total. The number of tetrazole rings is 1. The molecule has 0 aliphatic rings. The molecule has 0 bridgehead atoms. The lowest BCUT2D eigenvalue weighted by Gasteiger charge is -2.13. The van der Waals surface area contributed by atoms with Gasteiger partial charge in [0.05, 0.1) is 18.0 Å². The second-order valence-electron chi connectivity index (χ2n) is 4.99. The molecule has 1 aromatic carbocycles. The number of nitrogens with one attached hydrogen (secondary N) is 1. The van der Waals surface area contributed by atoms with Gasteiger partial charge in [0.15, 0.2) is 0 Å². The molecule has 0 fully saturated rings. The van der Waals surface area contributed by atoms with Gasteiger partial charge in [-0.2, -0.15) is 4.68 Å². The van der Waals surface area contributed by atoms with E-state index in [9.17, 15) is 4.79 Å². The molecule has 22 heavy (non-hydrogen) atoms. The van der Waals surface area contributed by atoms with E-state index in [0.29, 0.717) is 5.16 Å². The summed E-state index contributed by atoms with van der Waals surface area (Å²) in [6.07, 6.45) is 0. The van der Waals surface area contributed by atoms with Gasteiger partial charge in [-0.05, 0) is 55.5 Å². The maximum Gasteiger partial charge on any atom is 0.233 e. The molecule has 1 unspecified atom stereocenters. The minimum Gasteiger partial charge on any atom is -0.497 e. The van der Waals surface area contributed by atoms with Crippen LogP contribution < -0.4 is 10.1 Å². The van der Waals surface area contributed by atoms with Crippen molar-refractivity contribution in [3.8, 4) is 11.4 Å². The smallest absolute Gasteiger partial charge is 0.233 e. The lowest BCUT2D eigenvalue weighted by atomic mass is 10.3. The minimum atomic E-state index is -0.287. The molecule has 118 valence electrons. The maximum absolute atomic E-state index is 12.0. The zero-order valence-electron chi connectivity index (χ0n) is 13.0. The van der Waals surface area contributed by atoms with Crippen molar-refractivity contribution in [3.63, 3.8) is 0 Å². The Hall–Kier alpha value is -2.09. The van der Waals surface area contributed by atoms with Crippen LogP contribution in [-0.2, 0) is 4.79 Å². The van der Waals surface area contributed by atoms with E-state index >= 15 is 0 Å². The van der Waals surface area contributed by atoms with Crippen LogP contribution in [0.4, 0.5) is 0 Å². The molecule has 1 amide bonds. The van der Waals surface area contributed by atoms with Crippen molar-refractivity contribution in [1.82, 2.24) is 25.5 Å². The van der Waals surface area contributed by atoms with Crippen LogP contribution in [0.25, 0.3) is 5.69 Å². The summed E-state index contributed by atoms with van der Waals surface area (Å²) in [6.45, 7) is 5.68. The lowest BCUT2D eigenvalue weighted by Crippen LogP contribution is -2.36. The Labute approximate surface area is 133 Å². The highest BCUT2D eigenvalue weighted by atomic mass is 32.2. The Morgan fingerprint density at radius 2 is 1.95 bits per heavy atom. The fourth-order valence-corrected chi connectivity index (χ4v) is 2.57. The predicted octanol–water partition coefficient (Wildman–Crippen LogP) is 1.68. The van der Waals surface area contributed by atoms with Gasteiger partial charge in [-0.3, -0.25) is 4.79 Å². The Balaban J connectivity index is 2.13. The summed E-state index contributed by atoms with van der Waals surface area (Å²) in [5.74, 6) is 0.722. The summed E-state index contributed by atoms with van der Waals surface area (Å²) < 4.78 is 6.73. The van der Waals surface area contributed by atoms with Crippen LogP contribution >= 0.6 is 11.8 Å². The zero-order valence-corrected chi connectivity index (χ0v) is 13.8. The molecular weight excluding hydrogens is 302 g/mol. The number of hydrogen-bond acceptors (Lipinski definition) is 6. The molecular formula is C14H19N5O2S. The van der Waals surface area contributed by atoms with E-state index in [4.69, 9.17) is 4.74 Å². The van der Waals surface area contributed by atoms with E-state index in [1.54, 1.807) is 11.8 Å². The summed E-state index contributed by atoms with van der Waals surface area (Å²) in [4.78, 5) is 12.0. The highest BCUT2D eigenvalue weighted by molar-refractivity contribution is 8.00. The number of benzene rings is 1. The summed E-state index contributed by atoms with van der Waals surface area (Å²) in [7, 11) is 1.61. The van der Waals surface area contributed by atoms with Gasteiger partial charge >= 0.3 is 0 Å². The Morgan fingerprint density at radius 3 is 2.55 bits per heavy atom. The fraction of sp³-hybridized carbons (Fsp3) is 0.429. The number of hydrogen-bond donors (Lipinski definition) is 1. The van der Waals surface area contributed by atoms with Gasteiger partial charge in [0.25, 0.3) is 0 Å². The first kappa shape index (κ1) is 16.3. The first-order valence-electron chi connectivity index (χ1n) is 6.91. The Bertz CT molecular complexity index is 626. The van der Waals surface area contributed by atoms with E-state index < -0.39 is 0 Å². The van der Waals surface area contributed by atoms with Crippen molar-refractivity contribution in [2.75, 3.05) is 7.11 Å². The molecule has 0 saturated heterocycles. The van der Waals surface area contributed by atoms with E-state index in [1.807, 2.05) is 45.0 Å². The minimum absolute atomic E-state index is 0.0377. The third kappa shape index (κ3) is 3.97. The van der Waals surface area contributed by atoms with Crippen LogP contribution in [-0.4, -0.2) is 44.5 Å². The van der Waals surface area contributed by atoms with Crippen molar-refractivity contribution >= 4 is 17.7 Å². The molecule has 0 aliphatic heterocycles. The average Bonchev–Trinajstić information content (AvgIpc) is 2.94. The highest BCUT2D eigenvalue weighted by Gasteiger charge is 2.19. The number of aromatic nitrogens is 4. The van der Waals surface area contributed by atoms with Crippen molar-refractivity contribution in [2.24, 2.45) is 0 Å². The third-order valence-corrected chi connectivity index (χ3v) is 3.87. The highest BCUT2D eigenvalue weighted by Crippen LogP contribution is 2.23. The number of methoxy groups -OCH3 is 1.